The molecule has 0 saturated carbocycles. The van der Waals surface area contributed by atoms with E-state index >= 15 is 0 Å². The molecule has 0 atom stereocenters. The topological polar surface area (TPSA) is 35.5 Å². The number of esters is 1. The summed E-state index contributed by atoms with van der Waals surface area (Å²) in [6, 6.07) is 7.19. The largest absolute Gasteiger partial charge is 0.490 e. The molecule has 0 bridgehead atoms. The summed E-state index contributed by atoms with van der Waals surface area (Å²) < 4.78 is 10.2. The fourth-order valence-electron chi connectivity index (χ4n) is 1.29. The molecule has 0 heterocycles. The maximum absolute atomic E-state index is 10.8. The summed E-state index contributed by atoms with van der Waals surface area (Å²) in [5.41, 5.74) is 0.811. The molecule has 0 aliphatic heterocycles. The molecule has 0 saturated heterocycles. The minimum atomic E-state index is -0.466. The number of hydrogen-bond donors (Lipinski definition) is 0. The number of hydrogen-bond acceptors (Lipinski definition) is 3. The van der Waals surface area contributed by atoms with E-state index in [1.165, 1.54) is 0 Å². The minimum absolute atomic E-state index is 0.172. The van der Waals surface area contributed by atoms with Crippen molar-refractivity contribution < 1.29 is 14.3 Å². The van der Waals surface area contributed by atoms with Gasteiger partial charge in [-0.25, -0.2) is 4.79 Å². The summed E-state index contributed by atoms with van der Waals surface area (Å²) in [6.45, 7) is 5.46. The van der Waals surface area contributed by atoms with E-state index in [0.29, 0.717) is 5.75 Å². The van der Waals surface area contributed by atoms with Gasteiger partial charge in [-0.2, -0.15) is 0 Å². The monoisotopic (exact) mass is 302 g/mol. The third-order valence-corrected chi connectivity index (χ3v) is 2.26. The lowest BCUT2D eigenvalue weighted by Gasteiger charge is -2.06. The summed E-state index contributed by atoms with van der Waals surface area (Å²) in [5, 5.41) is 0. The second-order valence-corrected chi connectivity index (χ2v) is 3.87. The Kier molecular flexibility index (Phi) is 8.51. The highest BCUT2D eigenvalue weighted by atomic mass is 16.6. The lowest BCUT2D eigenvalue weighted by Crippen LogP contribution is -2.10. The van der Waals surface area contributed by atoms with Gasteiger partial charge >= 0.3 is 5.97 Å². The maximum atomic E-state index is 10.8. The van der Waals surface area contributed by atoms with Crippen molar-refractivity contribution in [2.45, 2.75) is 6.92 Å². The predicted octanol–water partition coefficient (Wildman–Crippen LogP) is 2.18. The van der Waals surface area contributed by atoms with Crippen molar-refractivity contribution in [3.8, 4) is 53.1 Å². The van der Waals surface area contributed by atoms with Crippen LogP contribution < -0.4 is 4.74 Å². The van der Waals surface area contributed by atoms with Gasteiger partial charge in [0.2, 0.25) is 0 Å². The van der Waals surface area contributed by atoms with Gasteiger partial charge in [-0.15, -0.1) is 0 Å². The lowest BCUT2D eigenvalue weighted by atomic mass is 10.2. The maximum Gasteiger partial charge on any atom is 0.330 e. The van der Waals surface area contributed by atoms with E-state index in [1.807, 2.05) is 12.1 Å². The summed E-state index contributed by atoms with van der Waals surface area (Å²) >= 11 is 0. The standard InChI is InChI=1S/C20H14O3/c1-3-5-6-7-8-9-10-11-18-12-14-19(15-13-18)22-16-17-23-20(21)4-2/h4,12-15H,2,16-17H2,1H3. The molecule has 0 spiro atoms. The predicted molar refractivity (Wildman–Crippen MR) is 89.0 cm³/mol. The van der Waals surface area contributed by atoms with E-state index in [-0.39, 0.29) is 13.2 Å². The molecule has 0 radical (unpaired) electrons. The Hall–Kier alpha value is -3.53. The summed E-state index contributed by atoms with van der Waals surface area (Å²) in [7, 11) is 0. The Morgan fingerprint density at radius 3 is 2.35 bits per heavy atom. The third-order valence-electron chi connectivity index (χ3n) is 2.26. The van der Waals surface area contributed by atoms with Gasteiger partial charge < -0.3 is 9.47 Å². The molecule has 3 nitrogen and oxygen atoms in total. The quantitative estimate of drug-likeness (QED) is 0.362. The van der Waals surface area contributed by atoms with Gasteiger partial charge in [0.05, 0.1) is 0 Å². The van der Waals surface area contributed by atoms with E-state index in [4.69, 9.17) is 9.47 Å². The van der Waals surface area contributed by atoms with Crippen molar-refractivity contribution in [2.75, 3.05) is 13.2 Å². The van der Waals surface area contributed by atoms with Crippen molar-refractivity contribution in [1.29, 1.82) is 0 Å². The molecule has 112 valence electrons. The van der Waals surface area contributed by atoms with Gasteiger partial charge in [-0.05, 0) is 66.7 Å². The third kappa shape index (κ3) is 8.37. The average Bonchev–Trinajstić information content (AvgIpc) is 2.59. The number of benzene rings is 1. The van der Waals surface area contributed by atoms with Gasteiger partial charge in [-0.1, -0.05) is 18.4 Å². The molecule has 1 aromatic rings. The molecule has 1 aromatic carbocycles. The normalized spacial score (nSPS) is 7.52. The van der Waals surface area contributed by atoms with Crippen LogP contribution in [-0.2, 0) is 9.53 Å². The molecular weight excluding hydrogens is 288 g/mol. The number of ether oxygens (including phenoxy) is 2. The van der Waals surface area contributed by atoms with Crippen LogP contribution >= 0.6 is 0 Å². The zero-order valence-electron chi connectivity index (χ0n) is 12.7. The fourth-order valence-corrected chi connectivity index (χ4v) is 1.29. The first kappa shape index (κ1) is 17.5. The Balaban J connectivity index is 2.45. The van der Waals surface area contributed by atoms with Gasteiger partial charge in [0.1, 0.15) is 19.0 Å². The van der Waals surface area contributed by atoms with Crippen LogP contribution in [0.4, 0.5) is 0 Å². The average molecular weight is 302 g/mol. The van der Waals surface area contributed by atoms with Crippen LogP contribution in [0.15, 0.2) is 36.9 Å². The summed E-state index contributed by atoms with van der Waals surface area (Å²) in [4.78, 5) is 10.8. The van der Waals surface area contributed by atoms with E-state index < -0.39 is 5.97 Å². The number of rotatable bonds is 5. The highest BCUT2D eigenvalue weighted by Gasteiger charge is 1.97. The van der Waals surface area contributed by atoms with Crippen LogP contribution in [0.2, 0.25) is 0 Å². The van der Waals surface area contributed by atoms with Crippen LogP contribution in [0.1, 0.15) is 12.5 Å². The van der Waals surface area contributed by atoms with Gasteiger partial charge in [0, 0.05) is 11.6 Å². The van der Waals surface area contributed by atoms with Crippen molar-refractivity contribution in [3.63, 3.8) is 0 Å². The molecule has 3 heteroatoms. The van der Waals surface area contributed by atoms with Crippen LogP contribution in [0.3, 0.4) is 0 Å². The molecular formula is C20H14O3. The summed E-state index contributed by atoms with van der Waals surface area (Å²) in [6.07, 6.45) is 1.11. The molecule has 23 heavy (non-hydrogen) atoms. The molecule has 0 fully saturated rings. The van der Waals surface area contributed by atoms with E-state index in [0.717, 1.165) is 11.6 Å². The molecule has 0 amide bonds. The minimum Gasteiger partial charge on any atom is -0.490 e. The van der Waals surface area contributed by atoms with E-state index in [2.05, 4.69) is 53.9 Å². The van der Waals surface area contributed by atoms with Crippen LogP contribution in [0, 0.1) is 47.4 Å². The molecule has 0 unspecified atom stereocenters. The lowest BCUT2D eigenvalue weighted by molar-refractivity contribution is -0.138. The SMILES string of the molecule is C=CC(=O)OCCOc1ccc(C#CC#CC#CC#CC)cc1. The van der Waals surface area contributed by atoms with Crippen LogP contribution in [0.25, 0.3) is 0 Å². The first-order valence-corrected chi connectivity index (χ1v) is 6.71. The number of carbonyl (C=O) groups excluding carboxylic acids is 1. The van der Waals surface area contributed by atoms with Gasteiger partial charge in [-0.3, -0.25) is 0 Å². The van der Waals surface area contributed by atoms with E-state index in [1.54, 1.807) is 19.1 Å². The molecule has 0 aliphatic carbocycles. The smallest absolute Gasteiger partial charge is 0.330 e. The summed E-state index contributed by atoms with van der Waals surface area (Å²) in [5.74, 6) is 21.4. The van der Waals surface area contributed by atoms with Crippen molar-refractivity contribution in [1.82, 2.24) is 0 Å². The molecule has 0 aromatic heterocycles. The van der Waals surface area contributed by atoms with Gasteiger partial charge in [0.15, 0.2) is 0 Å². The van der Waals surface area contributed by atoms with Gasteiger partial charge in [0.25, 0.3) is 0 Å². The molecule has 0 N–H and O–H groups in total. The Morgan fingerprint density at radius 1 is 1.04 bits per heavy atom. The van der Waals surface area contributed by atoms with Crippen molar-refractivity contribution in [3.05, 3.63) is 42.5 Å². The van der Waals surface area contributed by atoms with Crippen molar-refractivity contribution in [2.24, 2.45) is 0 Å². The second-order valence-electron chi connectivity index (χ2n) is 3.87. The van der Waals surface area contributed by atoms with Crippen molar-refractivity contribution >= 4 is 5.97 Å². The van der Waals surface area contributed by atoms with Crippen LogP contribution in [-0.4, -0.2) is 19.2 Å². The number of carbonyl (C=O) groups is 1. The zero-order chi connectivity index (χ0) is 16.8. The molecule has 1 rings (SSSR count). The first-order valence-electron chi connectivity index (χ1n) is 6.71. The second kappa shape index (κ2) is 11.2. The molecule has 0 aliphatic rings. The highest BCUT2D eigenvalue weighted by molar-refractivity contribution is 5.81. The van der Waals surface area contributed by atoms with E-state index in [9.17, 15) is 4.79 Å². The Labute approximate surface area is 136 Å². The fraction of sp³-hybridized carbons (Fsp3) is 0.150. The Morgan fingerprint density at radius 2 is 1.70 bits per heavy atom. The highest BCUT2D eigenvalue weighted by Crippen LogP contribution is 2.11. The van der Waals surface area contributed by atoms with Crippen LogP contribution in [0.5, 0.6) is 5.75 Å². The zero-order valence-corrected chi connectivity index (χ0v) is 12.7. The Bertz CT molecular complexity index is 786. The first-order chi connectivity index (χ1) is 11.3.